The first-order valence-corrected chi connectivity index (χ1v) is 13.5. The highest BCUT2D eigenvalue weighted by atomic mass is 35.5. The van der Waals surface area contributed by atoms with Gasteiger partial charge in [-0.25, -0.2) is 0 Å². The Kier molecular flexibility index (Phi) is 5.56. The minimum absolute atomic E-state index is 0.188. The molecule has 7 rings (SSSR count). The van der Waals surface area contributed by atoms with Crippen LogP contribution in [0, 0.1) is 15.5 Å². The van der Waals surface area contributed by atoms with Crippen LogP contribution in [0.25, 0.3) is 6.08 Å². The zero-order valence-corrected chi connectivity index (χ0v) is 22.2. The second-order valence-electron chi connectivity index (χ2n) is 10.5. The highest BCUT2D eigenvalue weighted by Crippen LogP contribution is 2.61. The summed E-state index contributed by atoms with van der Waals surface area (Å²) in [4.78, 5) is 57.0. The maximum atomic E-state index is 14.6. The van der Waals surface area contributed by atoms with Gasteiger partial charge in [0.2, 0.25) is 0 Å². The number of fused-ring (bicyclic) bond motifs is 5. The number of Topliss-reactive ketones (excluding diaryl/α,β-unsaturated/α-hetero) is 3. The Morgan fingerprint density at radius 2 is 1.54 bits per heavy atom. The van der Waals surface area contributed by atoms with Crippen molar-refractivity contribution in [3.63, 3.8) is 0 Å². The molecule has 0 bridgehead atoms. The predicted octanol–water partition coefficient (Wildman–Crippen LogP) is 6.56. The molecule has 2 aliphatic heterocycles. The van der Waals surface area contributed by atoms with Crippen LogP contribution in [-0.4, -0.2) is 34.4 Å². The quantitative estimate of drug-likeness (QED) is 0.121. The van der Waals surface area contributed by atoms with Crippen LogP contribution in [0.2, 0.25) is 5.02 Å². The molecule has 3 atom stereocenters. The Morgan fingerprint density at radius 3 is 2.22 bits per heavy atom. The molecule has 1 fully saturated rings. The van der Waals surface area contributed by atoms with E-state index >= 15 is 0 Å². The van der Waals surface area contributed by atoms with Crippen LogP contribution < -0.4 is 4.90 Å². The van der Waals surface area contributed by atoms with Crippen molar-refractivity contribution in [2.45, 2.75) is 18.0 Å². The second kappa shape index (κ2) is 9.08. The van der Waals surface area contributed by atoms with Crippen molar-refractivity contribution < 1.29 is 19.3 Å². The number of nitrogens with zero attached hydrogens (tertiary/aromatic N) is 2. The molecule has 4 aromatic rings. The molecule has 41 heavy (non-hydrogen) atoms. The lowest BCUT2D eigenvalue weighted by Gasteiger charge is -2.37. The third-order valence-corrected chi connectivity index (χ3v) is 8.77. The molecule has 0 radical (unpaired) electrons. The van der Waals surface area contributed by atoms with Crippen LogP contribution in [0.15, 0.2) is 103 Å². The molecule has 1 spiro atoms. The summed E-state index contributed by atoms with van der Waals surface area (Å²) in [6.07, 6.45) is 3.62. The van der Waals surface area contributed by atoms with E-state index in [0.29, 0.717) is 21.8 Å². The standard InChI is InChI=1S/C33H21ClN2O5/c34-22-14-15-26-20(17-22)13-16-27-33(31(38)24-11-4-5-12-25(24)32(33)39)28(21-9-6-10-23(18-21)36(40)41)29(35(26)27)30(37)19-7-2-1-3-8-19/h1-18,27-29H/t27-,28-,29-/m0/s1. The Hall–Kier alpha value is -4.88. The van der Waals surface area contributed by atoms with Crippen molar-refractivity contribution in [1.29, 1.82) is 0 Å². The molecule has 2 heterocycles. The largest absolute Gasteiger partial charge is 0.352 e. The molecule has 0 N–H and O–H groups in total. The molecule has 0 aromatic heterocycles. The van der Waals surface area contributed by atoms with Crippen LogP contribution in [0.5, 0.6) is 0 Å². The number of non-ortho nitro benzene ring substituents is 1. The highest BCUT2D eigenvalue weighted by molar-refractivity contribution is 6.32. The van der Waals surface area contributed by atoms with Gasteiger partial charge in [0.05, 0.1) is 11.0 Å². The molecule has 0 saturated carbocycles. The van der Waals surface area contributed by atoms with Crippen molar-refractivity contribution in [3.05, 3.63) is 146 Å². The Morgan fingerprint density at radius 1 is 0.854 bits per heavy atom. The van der Waals surface area contributed by atoms with Crippen LogP contribution >= 0.6 is 11.6 Å². The number of nitro benzene ring substituents is 1. The van der Waals surface area contributed by atoms with Crippen molar-refractivity contribution in [1.82, 2.24) is 0 Å². The van der Waals surface area contributed by atoms with Gasteiger partial charge in [-0.3, -0.25) is 24.5 Å². The fourth-order valence-corrected chi connectivity index (χ4v) is 7.11. The number of hydrogen-bond acceptors (Lipinski definition) is 6. The zero-order valence-electron chi connectivity index (χ0n) is 21.4. The maximum Gasteiger partial charge on any atom is 0.269 e. The van der Waals surface area contributed by atoms with E-state index in [1.54, 1.807) is 84.9 Å². The van der Waals surface area contributed by atoms with E-state index < -0.39 is 39.9 Å². The number of anilines is 1. The number of carbonyl (C=O) groups is 3. The van der Waals surface area contributed by atoms with Gasteiger partial charge in [-0.05, 0) is 29.3 Å². The van der Waals surface area contributed by atoms with Crippen molar-refractivity contribution >= 4 is 46.4 Å². The van der Waals surface area contributed by atoms with Crippen molar-refractivity contribution in [2.24, 2.45) is 5.41 Å². The number of halogens is 1. The number of rotatable bonds is 4. The summed E-state index contributed by atoms with van der Waals surface area (Å²) in [5, 5.41) is 12.3. The number of ketones is 3. The van der Waals surface area contributed by atoms with E-state index in [4.69, 9.17) is 11.6 Å². The number of nitro groups is 1. The van der Waals surface area contributed by atoms with Gasteiger partial charge in [-0.2, -0.15) is 0 Å². The average Bonchev–Trinajstić information content (AvgIpc) is 3.43. The molecule has 4 aromatic carbocycles. The lowest BCUT2D eigenvalue weighted by Crippen LogP contribution is -2.48. The lowest BCUT2D eigenvalue weighted by molar-refractivity contribution is -0.384. The monoisotopic (exact) mass is 560 g/mol. The Balaban J connectivity index is 1.57. The van der Waals surface area contributed by atoms with Crippen LogP contribution in [0.4, 0.5) is 11.4 Å². The number of benzene rings is 4. The summed E-state index contributed by atoms with van der Waals surface area (Å²) in [6, 6.07) is 24.7. The van der Waals surface area contributed by atoms with E-state index in [1.807, 2.05) is 11.0 Å². The minimum atomic E-state index is -1.73. The smallest absolute Gasteiger partial charge is 0.269 e. The van der Waals surface area contributed by atoms with Crippen LogP contribution in [0.3, 0.4) is 0 Å². The van der Waals surface area contributed by atoms with Gasteiger partial charge in [0.1, 0.15) is 11.5 Å². The summed E-state index contributed by atoms with van der Waals surface area (Å²) in [6.45, 7) is 0. The molecule has 0 amide bonds. The molecule has 3 aliphatic rings. The SMILES string of the molecule is O=C(c1ccccc1)[C@@H]1[C@H](c2cccc([N+](=O)[O-])c2)C2(C(=O)c3ccccc3C2=O)[C@@H]2C=Cc3cc(Cl)ccc3N12. The van der Waals surface area contributed by atoms with Gasteiger partial charge in [0.15, 0.2) is 17.3 Å². The van der Waals surface area contributed by atoms with Crippen LogP contribution in [0.1, 0.15) is 48.1 Å². The van der Waals surface area contributed by atoms with Crippen molar-refractivity contribution in [3.8, 4) is 0 Å². The zero-order chi connectivity index (χ0) is 28.5. The summed E-state index contributed by atoms with van der Waals surface area (Å²) >= 11 is 6.32. The molecular formula is C33H21ClN2O5. The third kappa shape index (κ3) is 3.42. The van der Waals surface area contributed by atoms with E-state index in [0.717, 1.165) is 5.56 Å². The number of hydrogen-bond donors (Lipinski definition) is 0. The van der Waals surface area contributed by atoms with Gasteiger partial charge in [0.25, 0.3) is 5.69 Å². The summed E-state index contributed by atoms with van der Waals surface area (Å²) in [5.74, 6) is -2.11. The molecule has 0 unspecified atom stereocenters. The fraction of sp³-hybridized carbons (Fsp3) is 0.121. The Labute approximate surface area is 239 Å². The van der Waals surface area contributed by atoms with E-state index in [9.17, 15) is 24.5 Å². The second-order valence-corrected chi connectivity index (χ2v) is 10.9. The van der Waals surface area contributed by atoms with Crippen LogP contribution in [-0.2, 0) is 0 Å². The van der Waals surface area contributed by atoms with E-state index in [-0.39, 0.29) is 22.6 Å². The van der Waals surface area contributed by atoms with E-state index in [2.05, 4.69) is 0 Å². The summed E-state index contributed by atoms with van der Waals surface area (Å²) in [7, 11) is 0. The lowest BCUT2D eigenvalue weighted by atomic mass is 9.64. The first-order chi connectivity index (χ1) is 19.8. The van der Waals surface area contributed by atoms with Gasteiger partial charge in [-0.1, -0.05) is 90.5 Å². The fourth-order valence-electron chi connectivity index (χ4n) is 6.93. The Bertz CT molecular complexity index is 1800. The maximum absolute atomic E-state index is 14.6. The molecule has 7 nitrogen and oxygen atoms in total. The molecular weight excluding hydrogens is 540 g/mol. The number of carbonyl (C=O) groups excluding carboxylic acids is 3. The van der Waals surface area contributed by atoms with Crippen molar-refractivity contribution in [2.75, 3.05) is 4.90 Å². The first-order valence-electron chi connectivity index (χ1n) is 13.1. The minimum Gasteiger partial charge on any atom is -0.352 e. The van der Waals surface area contributed by atoms with Gasteiger partial charge in [-0.15, -0.1) is 0 Å². The summed E-state index contributed by atoms with van der Waals surface area (Å²) < 4.78 is 0. The van der Waals surface area contributed by atoms with Gasteiger partial charge < -0.3 is 4.90 Å². The average molecular weight is 561 g/mol. The third-order valence-electron chi connectivity index (χ3n) is 8.53. The topological polar surface area (TPSA) is 97.6 Å². The van der Waals surface area contributed by atoms with Gasteiger partial charge >= 0.3 is 0 Å². The molecule has 200 valence electrons. The predicted molar refractivity (Wildman–Crippen MR) is 155 cm³/mol. The molecule has 8 heteroatoms. The normalized spacial score (nSPS) is 21.5. The summed E-state index contributed by atoms with van der Waals surface area (Å²) in [5.41, 5.74) is 0.830. The first kappa shape index (κ1) is 25.1. The van der Waals surface area contributed by atoms with Gasteiger partial charge in [0, 0.05) is 45.5 Å². The van der Waals surface area contributed by atoms with E-state index in [1.165, 1.54) is 18.2 Å². The molecule has 1 aliphatic carbocycles. The highest BCUT2D eigenvalue weighted by Gasteiger charge is 2.71. The molecule has 1 saturated heterocycles.